The van der Waals surface area contributed by atoms with Gasteiger partial charge in [0.15, 0.2) is 0 Å². The zero-order valence-electron chi connectivity index (χ0n) is 10.0. The number of nitrogens with two attached hydrogens (primary N) is 2. The van der Waals surface area contributed by atoms with Crippen molar-refractivity contribution < 1.29 is 14.3 Å². The van der Waals surface area contributed by atoms with E-state index >= 15 is 0 Å². The summed E-state index contributed by atoms with van der Waals surface area (Å²) in [6.45, 7) is 4.57. The third-order valence-corrected chi connectivity index (χ3v) is 2.68. The van der Waals surface area contributed by atoms with Crippen LogP contribution in [0.25, 0.3) is 0 Å². The van der Waals surface area contributed by atoms with Crippen LogP contribution >= 0.6 is 0 Å². The van der Waals surface area contributed by atoms with Crippen LogP contribution in [-0.2, 0) is 9.53 Å². The Balaban J connectivity index is 2.27. The van der Waals surface area contributed by atoms with Crippen LogP contribution in [0, 0.1) is 0 Å². The number of rotatable bonds is 4. The molecule has 17 heavy (non-hydrogen) atoms. The molecule has 1 saturated heterocycles. The third-order valence-electron chi connectivity index (χ3n) is 2.68. The van der Waals surface area contributed by atoms with Gasteiger partial charge in [0.05, 0.1) is 12.7 Å². The first-order valence-electron chi connectivity index (χ1n) is 5.68. The van der Waals surface area contributed by atoms with E-state index in [0.717, 1.165) is 6.54 Å². The van der Waals surface area contributed by atoms with Gasteiger partial charge in [-0.1, -0.05) is 0 Å². The van der Waals surface area contributed by atoms with Crippen LogP contribution in [0.5, 0.6) is 0 Å². The molecule has 98 valence electrons. The van der Waals surface area contributed by atoms with E-state index in [-0.39, 0.29) is 24.5 Å². The number of amides is 3. The SMILES string of the molecule is CC(N)C1CN(CCC(=O)NC(N)=O)CCO1. The monoisotopic (exact) mass is 244 g/mol. The topological polar surface area (TPSA) is 111 Å². The summed E-state index contributed by atoms with van der Waals surface area (Å²) in [7, 11) is 0. The van der Waals surface area contributed by atoms with Crippen molar-refractivity contribution in [3.05, 3.63) is 0 Å². The van der Waals surface area contributed by atoms with E-state index in [1.54, 1.807) is 0 Å². The lowest BCUT2D eigenvalue weighted by molar-refractivity contribution is -0.120. The number of ether oxygens (including phenoxy) is 1. The van der Waals surface area contributed by atoms with Gasteiger partial charge in [-0.2, -0.15) is 0 Å². The molecule has 0 aliphatic carbocycles. The molecule has 1 aliphatic heterocycles. The molecule has 0 bridgehead atoms. The smallest absolute Gasteiger partial charge is 0.318 e. The summed E-state index contributed by atoms with van der Waals surface area (Å²) in [6, 6.07) is -0.845. The van der Waals surface area contributed by atoms with E-state index in [9.17, 15) is 9.59 Å². The molecule has 3 amide bonds. The van der Waals surface area contributed by atoms with E-state index < -0.39 is 6.03 Å². The largest absolute Gasteiger partial charge is 0.374 e. The minimum Gasteiger partial charge on any atom is -0.374 e. The Morgan fingerprint density at radius 2 is 2.29 bits per heavy atom. The van der Waals surface area contributed by atoms with Crippen LogP contribution in [-0.4, -0.2) is 55.2 Å². The molecule has 2 unspecified atom stereocenters. The highest BCUT2D eigenvalue weighted by atomic mass is 16.5. The maximum Gasteiger partial charge on any atom is 0.318 e. The Hall–Kier alpha value is -1.18. The molecule has 0 radical (unpaired) electrons. The number of morpholine rings is 1. The van der Waals surface area contributed by atoms with Gasteiger partial charge in [0.25, 0.3) is 0 Å². The van der Waals surface area contributed by atoms with E-state index in [0.29, 0.717) is 19.7 Å². The molecule has 1 heterocycles. The molecule has 1 fully saturated rings. The predicted molar refractivity (Wildman–Crippen MR) is 62.2 cm³/mol. The Morgan fingerprint density at radius 3 is 2.88 bits per heavy atom. The van der Waals surface area contributed by atoms with Crippen molar-refractivity contribution in [2.75, 3.05) is 26.2 Å². The highest BCUT2D eigenvalue weighted by molar-refractivity contribution is 5.93. The molecule has 0 aromatic carbocycles. The molecule has 1 rings (SSSR count). The van der Waals surface area contributed by atoms with Crippen LogP contribution < -0.4 is 16.8 Å². The fraction of sp³-hybridized carbons (Fsp3) is 0.800. The minimum atomic E-state index is -0.814. The van der Waals surface area contributed by atoms with Crippen molar-refractivity contribution in [1.29, 1.82) is 0 Å². The van der Waals surface area contributed by atoms with Gasteiger partial charge < -0.3 is 16.2 Å². The van der Waals surface area contributed by atoms with E-state index in [1.165, 1.54) is 0 Å². The lowest BCUT2D eigenvalue weighted by Crippen LogP contribution is -2.50. The molecular formula is C10H20N4O3. The van der Waals surface area contributed by atoms with Crippen molar-refractivity contribution >= 4 is 11.9 Å². The van der Waals surface area contributed by atoms with Crippen LogP contribution in [0.15, 0.2) is 0 Å². The lowest BCUT2D eigenvalue weighted by Gasteiger charge is -2.34. The third kappa shape index (κ3) is 5.12. The average molecular weight is 244 g/mol. The summed E-state index contributed by atoms with van der Waals surface area (Å²) in [5.41, 5.74) is 10.6. The summed E-state index contributed by atoms with van der Waals surface area (Å²) in [5.74, 6) is -0.360. The Bertz CT molecular complexity index is 283. The second kappa shape index (κ2) is 6.53. The summed E-state index contributed by atoms with van der Waals surface area (Å²) >= 11 is 0. The molecule has 2 atom stereocenters. The summed E-state index contributed by atoms with van der Waals surface area (Å²) in [6.07, 6.45) is 0.247. The zero-order valence-corrected chi connectivity index (χ0v) is 10.0. The van der Waals surface area contributed by atoms with E-state index in [2.05, 4.69) is 4.90 Å². The predicted octanol–water partition coefficient (Wildman–Crippen LogP) is -1.38. The Kier molecular flexibility index (Phi) is 5.33. The van der Waals surface area contributed by atoms with Crippen molar-refractivity contribution in [3.8, 4) is 0 Å². The molecule has 1 aliphatic rings. The Morgan fingerprint density at radius 1 is 1.59 bits per heavy atom. The minimum absolute atomic E-state index is 0.00273. The fourth-order valence-electron chi connectivity index (χ4n) is 1.71. The van der Waals surface area contributed by atoms with Crippen LogP contribution in [0.3, 0.4) is 0 Å². The number of urea groups is 1. The van der Waals surface area contributed by atoms with Gasteiger partial charge in [-0.25, -0.2) is 4.79 Å². The number of nitrogens with one attached hydrogen (secondary N) is 1. The van der Waals surface area contributed by atoms with Crippen LogP contribution in [0.1, 0.15) is 13.3 Å². The first-order valence-corrected chi connectivity index (χ1v) is 5.68. The van der Waals surface area contributed by atoms with Crippen LogP contribution in [0.2, 0.25) is 0 Å². The Labute approximate surface area is 100 Å². The van der Waals surface area contributed by atoms with Gasteiger partial charge >= 0.3 is 6.03 Å². The second-order valence-corrected chi connectivity index (χ2v) is 4.23. The normalized spacial score (nSPS) is 23.1. The van der Waals surface area contributed by atoms with Crippen molar-refractivity contribution in [3.63, 3.8) is 0 Å². The molecular weight excluding hydrogens is 224 g/mol. The number of carbonyl (C=O) groups is 2. The summed E-state index contributed by atoms with van der Waals surface area (Å²) < 4.78 is 5.50. The van der Waals surface area contributed by atoms with Crippen molar-refractivity contribution in [1.82, 2.24) is 10.2 Å². The van der Waals surface area contributed by atoms with Crippen molar-refractivity contribution in [2.24, 2.45) is 11.5 Å². The maximum absolute atomic E-state index is 11.2. The molecule has 0 saturated carbocycles. The van der Waals surface area contributed by atoms with Crippen LogP contribution in [0.4, 0.5) is 4.79 Å². The maximum atomic E-state index is 11.2. The molecule has 0 aromatic rings. The number of hydrogen-bond donors (Lipinski definition) is 3. The summed E-state index contributed by atoms with van der Waals surface area (Å²) in [4.78, 5) is 23.8. The average Bonchev–Trinajstić information content (AvgIpc) is 2.26. The number of imide groups is 1. The number of carbonyl (C=O) groups excluding carboxylic acids is 2. The quantitative estimate of drug-likeness (QED) is 0.564. The second-order valence-electron chi connectivity index (χ2n) is 4.23. The van der Waals surface area contributed by atoms with Gasteiger partial charge in [0.1, 0.15) is 0 Å². The van der Waals surface area contributed by atoms with E-state index in [4.69, 9.17) is 16.2 Å². The number of primary amides is 1. The van der Waals surface area contributed by atoms with Gasteiger partial charge in [-0.3, -0.25) is 15.0 Å². The first-order chi connectivity index (χ1) is 7.99. The van der Waals surface area contributed by atoms with E-state index in [1.807, 2.05) is 12.2 Å². The highest BCUT2D eigenvalue weighted by Gasteiger charge is 2.23. The number of nitrogens with zero attached hydrogens (tertiary/aromatic N) is 1. The van der Waals surface area contributed by atoms with Crippen molar-refractivity contribution in [2.45, 2.75) is 25.5 Å². The molecule has 7 nitrogen and oxygen atoms in total. The highest BCUT2D eigenvalue weighted by Crippen LogP contribution is 2.07. The fourth-order valence-corrected chi connectivity index (χ4v) is 1.71. The molecule has 0 spiro atoms. The lowest BCUT2D eigenvalue weighted by atomic mass is 10.1. The molecule has 5 N–H and O–H groups in total. The molecule has 0 aromatic heterocycles. The van der Waals surface area contributed by atoms with Gasteiger partial charge in [-0.05, 0) is 6.92 Å². The number of hydrogen-bond acceptors (Lipinski definition) is 5. The van der Waals surface area contributed by atoms with Gasteiger partial charge in [-0.15, -0.1) is 0 Å². The first kappa shape index (κ1) is 13.9. The van der Waals surface area contributed by atoms with Gasteiger partial charge in [0, 0.05) is 32.1 Å². The van der Waals surface area contributed by atoms with Gasteiger partial charge in [0.2, 0.25) is 5.91 Å². The molecule has 7 heteroatoms. The summed E-state index contributed by atoms with van der Waals surface area (Å²) in [5, 5.41) is 2.03. The standard InChI is InChI=1S/C10H20N4O3/c1-7(11)8-6-14(4-5-17-8)3-2-9(15)13-10(12)16/h7-8H,2-6,11H2,1H3,(H3,12,13,15,16). The zero-order chi connectivity index (χ0) is 12.8.